The van der Waals surface area contributed by atoms with Crippen LogP contribution in [-0.2, 0) is 0 Å². The lowest BCUT2D eigenvalue weighted by atomic mass is 10.1. The quantitative estimate of drug-likeness (QED) is 0.529. The Morgan fingerprint density at radius 1 is 0.882 bits per heavy atom. The van der Waals surface area contributed by atoms with Gasteiger partial charge in [0.1, 0.15) is 0 Å². The second kappa shape index (κ2) is 9.90. The van der Waals surface area contributed by atoms with Crippen LogP contribution < -0.4 is 5.73 Å². The highest BCUT2D eigenvalue weighted by atomic mass is 15.2. The highest BCUT2D eigenvalue weighted by Crippen LogP contribution is 2.27. The van der Waals surface area contributed by atoms with Crippen molar-refractivity contribution in [1.82, 2.24) is 4.90 Å². The Morgan fingerprint density at radius 3 is 2.06 bits per heavy atom. The zero-order valence-corrected chi connectivity index (χ0v) is 11.8. The lowest BCUT2D eigenvalue weighted by Crippen LogP contribution is -2.29. The van der Waals surface area contributed by atoms with E-state index in [1.807, 2.05) is 0 Å². The maximum Gasteiger partial charge on any atom is 0.00964 e. The molecule has 0 unspecified atom stereocenters. The standard InChI is InChI=1S/C15H32N2/c1-2-3-4-5-6-7-8-13-17(14-9-12-16)15-10-11-15/h15H,2-14,16H2,1H3. The molecule has 0 bridgehead atoms. The average Bonchev–Trinajstić information content (AvgIpc) is 3.16. The number of nitrogens with two attached hydrogens (primary N) is 1. The van der Waals surface area contributed by atoms with E-state index in [2.05, 4.69) is 11.8 Å². The molecule has 0 heterocycles. The van der Waals surface area contributed by atoms with Gasteiger partial charge in [0, 0.05) is 6.04 Å². The van der Waals surface area contributed by atoms with Gasteiger partial charge in [-0.1, -0.05) is 45.4 Å². The topological polar surface area (TPSA) is 29.3 Å². The predicted molar refractivity (Wildman–Crippen MR) is 76.3 cm³/mol. The molecule has 0 amide bonds. The fourth-order valence-electron chi connectivity index (χ4n) is 2.48. The van der Waals surface area contributed by atoms with Crippen molar-refractivity contribution < 1.29 is 0 Å². The first-order chi connectivity index (χ1) is 8.38. The van der Waals surface area contributed by atoms with E-state index in [1.54, 1.807) is 0 Å². The van der Waals surface area contributed by atoms with Gasteiger partial charge < -0.3 is 10.6 Å². The summed E-state index contributed by atoms with van der Waals surface area (Å²) in [6, 6.07) is 0.918. The van der Waals surface area contributed by atoms with Gasteiger partial charge in [-0.2, -0.15) is 0 Å². The Balaban J connectivity index is 1.91. The van der Waals surface area contributed by atoms with Gasteiger partial charge in [0.05, 0.1) is 0 Å². The monoisotopic (exact) mass is 240 g/mol. The van der Waals surface area contributed by atoms with E-state index in [9.17, 15) is 0 Å². The number of unbranched alkanes of at least 4 members (excludes halogenated alkanes) is 6. The normalized spacial score (nSPS) is 15.7. The molecule has 0 aromatic heterocycles. The average molecular weight is 240 g/mol. The smallest absolute Gasteiger partial charge is 0.00964 e. The van der Waals surface area contributed by atoms with Crippen LogP contribution in [-0.4, -0.2) is 30.6 Å². The second-order valence-electron chi connectivity index (χ2n) is 5.53. The molecule has 0 aromatic rings. The SMILES string of the molecule is CCCCCCCCCN(CCCN)C1CC1. The Hall–Kier alpha value is -0.0800. The zero-order valence-electron chi connectivity index (χ0n) is 11.8. The fourth-order valence-corrected chi connectivity index (χ4v) is 2.48. The zero-order chi connectivity index (χ0) is 12.3. The summed E-state index contributed by atoms with van der Waals surface area (Å²) in [4.78, 5) is 2.68. The van der Waals surface area contributed by atoms with E-state index >= 15 is 0 Å². The van der Waals surface area contributed by atoms with E-state index in [0.717, 1.165) is 12.6 Å². The molecule has 1 saturated carbocycles. The van der Waals surface area contributed by atoms with Crippen molar-refractivity contribution in [3.8, 4) is 0 Å². The Labute approximate surface area is 108 Å². The van der Waals surface area contributed by atoms with Crippen LogP contribution in [0.4, 0.5) is 0 Å². The van der Waals surface area contributed by atoms with Gasteiger partial charge in [0.15, 0.2) is 0 Å². The van der Waals surface area contributed by atoms with Crippen LogP contribution in [0.15, 0.2) is 0 Å². The van der Waals surface area contributed by atoms with Crippen molar-refractivity contribution in [3.63, 3.8) is 0 Å². The third-order valence-electron chi connectivity index (χ3n) is 3.76. The Morgan fingerprint density at radius 2 is 1.47 bits per heavy atom. The molecule has 102 valence electrons. The molecule has 0 saturated heterocycles. The molecule has 0 aromatic carbocycles. The van der Waals surface area contributed by atoms with Crippen molar-refractivity contribution in [2.45, 2.75) is 77.2 Å². The summed E-state index contributed by atoms with van der Waals surface area (Å²) in [6.07, 6.45) is 14.0. The van der Waals surface area contributed by atoms with Crippen LogP contribution in [0.5, 0.6) is 0 Å². The lowest BCUT2D eigenvalue weighted by Gasteiger charge is -2.21. The third kappa shape index (κ3) is 7.77. The summed E-state index contributed by atoms with van der Waals surface area (Å²) in [5.74, 6) is 0. The number of nitrogens with zero attached hydrogens (tertiary/aromatic N) is 1. The first kappa shape index (κ1) is 15.0. The van der Waals surface area contributed by atoms with Crippen LogP contribution in [0.3, 0.4) is 0 Å². The highest BCUT2D eigenvalue weighted by Gasteiger charge is 2.27. The van der Waals surface area contributed by atoms with E-state index in [4.69, 9.17) is 5.73 Å². The van der Waals surface area contributed by atoms with Crippen LogP contribution in [0.25, 0.3) is 0 Å². The van der Waals surface area contributed by atoms with Crippen LogP contribution in [0, 0.1) is 0 Å². The van der Waals surface area contributed by atoms with Crippen molar-refractivity contribution >= 4 is 0 Å². The van der Waals surface area contributed by atoms with Crippen LogP contribution in [0.1, 0.15) is 71.1 Å². The van der Waals surface area contributed by atoms with Crippen LogP contribution >= 0.6 is 0 Å². The van der Waals surface area contributed by atoms with Gasteiger partial charge >= 0.3 is 0 Å². The van der Waals surface area contributed by atoms with E-state index < -0.39 is 0 Å². The van der Waals surface area contributed by atoms with Crippen molar-refractivity contribution in [2.24, 2.45) is 5.73 Å². The Bertz CT molecular complexity index is 166. The molecule has 1 aliphatic carbocycles. The fraction of sp³-hybridized carbons (Fsp3) is 1.00. The molecule has 0 radical (unpaired) electrons. The molecule has 1 fully saturated rings. The number of hydrogen-bond acceptors (Lipinski definition) is 2. The molecule has 2 nitrogen and oxygen atoms in total. The molecule has 0 aliphatic heterocycles. The van der Waals surface area contributed by atoms with E-state index in [0.29, 0.717) is 0 Å². The summed E-state index contributed by atoms with van der Waals surface area (Å²) in [6.45, 7) is 5.68. The summed E-state index contributed by atoms with van der Waals surface area (Å²) in [7, 11) is 0. The minimum absolute atomic E-state index is 0.847. The molecule has 2 N–H and O–H groups in total. The molecule has 1 rings (SSSR count). The van der Waals surface area contributed by atoms with Crippen molar-refractivity contribution in [3.05, 3.63) is 0 Å². The number of hydrogen-bond donors (Lipinski definition) is 1. The van der Waals surface area contributed by atoms with Crippen molar-refractivity contribution in [1.29, 1.82) is 0 Å². The van der Waals surface area contributed by atoms with E-state index in [-0.39, 0.29) is 0 Å². The van der Waals surface area contributed by atoms with Crippen molar-refractivity contribution in [2.75, 3.05) is 19.6 Å². The summed E-state index contributed by atoms with van der Waals surface area (Å²) in [5.41, 5.74) is 5.59. The molecule has 0 atom stereocenters. The van der Waals surface area contributed by atoms with Gasteiger partial charge in [-0.15, -0.1) is 0 Å². The summed E-state index contributed by atoms with van der Waals surface area (Å²) >= 11 is 0. The lowest BCUT2D eigenvalue weighted by molar-refractivity contribution is 0.255. The van der Waals surface area contributed by atoms with Gasteiger partial charge in [-0.3, -0.25) is 0 Å². The molecule has 0 spiro atoms. The molecule has 17 heavy (non-hydrogen) atoms. The van der Waals surface area contributed by atoms with Gasteiger partial charge in [-0.05, 0) is 45.3 Å². The van der Waals surface area contributed by atoms with E-state index in [1.165, 1.54) is 77.3 Å². The molecule has 1 aliphatic rings. The molecule has 2 heteroatoms. The molecular formula is C15H32N2. The first-order valence-electron chi connectivity index (χ1n) is 7.82. The summed E-state index contributed by atoms with van der Waals surface area (Å²) < 4.78 is 0. The van der Waals surface area contributed by atoms with Gasteiger partial charge in [0.25, 0.3) is 0 Å². The number of rotatable bonds is 12. The largest absolute Gasteiger partial charge is 0.330 e. The van der Waals surface area contributed by atoms with Gasteiger partial charge in [-0.25, -0.2) is 0 Å². The maximum absolute atomic E-state index is 5.59. The predicted octanol–water partition coefficient (Wildman–Crippen LogP) is 3.55. The summed E-state index contributed by atoms with van der Waals surface area (Å²) in [5, 5.41) is 0. The molecular weight excluding hydrogens is 208 g/mol. The highest BCUT2D eigenvalue weighted by molar-refractivity contribution is 4.84. The maximum atomic E-state index is 5.59. The third-order valence-corrected chi connectivity index (χ3v) is 3.76. The Kier molecular flexibility index (Phi) is 8.72. The second-order valence-corrected chi connectivity index (χ2v) is 5.53. The minimum atomic E-state index is 0.847. The first-order valence-corrected chi connectivity index (χ1v) is 7.82. The minimum Gasteiger partial charge on any atom is -0.330 e. The van der Waals surface area contributed by atoms with Gasteiger partial charge in [0.2, 0.25) is 0 Å². The van der Waals surface area contributed by atoms with Crippen LogP contribution in [0.2, 0.25) is 0 Å².